The molecule has 98 valence electrons. The van der Waals surface area contributed by atoms with Gasteiger partial charge < -0.3 is 4.74 Å². The molecule has 0 atom stereocenters. The molecular formula is C12H6BrFINO3. The molecule has 7 heteroatoms. The normalized spacial score (nSPS) is 10.3. The maximum Gasteiger partial charge on any atom is 0.312 e. The van der Waals surface area contributed by atoms with Gasteiger partial charge in [0.25, 0.3) is 0 Å². The lowest BCUT2D eigenvalue weighted by Crippen LogP contribution is -1.95. The van der Waals surface area contributed by atoms with E-state index in [0.29, 0.717) is 5.75 Å². The number of nitro benzene ring substituents is 1. The van der Waals surface area contributed by atoms with E-state index in [9.17, 15) is 14.5 Å². The average Bonchev–Trinajstić information content (AvgIpc) is 2.33. The second-order valence-electron chi connectivity index (χ2n) is 3.55. The van der Waals surface area contributed by atoms with Gasteiger partial charge in [-0.25, -0.2) is 4.39 Å². The third kappa shape index (κ3) is 3.41. The quantitative estimate of drug-likeness (QED) is 0.390. The van der Waals surface area contributed by atoms with Crippen molar-refractivity contribution in [1.82, 2.24) is 0 Å². The summed E-state index contributed by atoms with van der Waals surface area (Å²) in [5.74, 6) is -0.337. The molecule has 0 heterocycles. The molecule has 0 bridgehead atoms. The summed E-state index contributed by atoms with van der Waals surface area (Å²) in [5, 5.41) is 10.9. The third-order valence-corrected chi connectivity index (χ3v) is 3.50. The topological polar surface area (TPSA) is 52.4 Å². The minimum Gasteiger partial charge on any atom is -0.450 e. The first kappa shape index (κ1) is 14.2. The number of nitrogens with zero attached hydrogens (tertiary/aromatic N) is 1. The minimum atomic E-state index is -0.619. The lowest BCUT2D eigenvalue weighted by molar-refractivity contribution is -0.385. The zero-order valence-corrected chi connectivity index (χ0v) is 13.0. The Kier molecular flexibility index (Phi) is 4.35. The maximum atomic E-state index is 13.5. The fourth-order valence-electron chi connectivity index (χ4n) is 1.40. The van der Waals surface area contributed by atoms with E-state index in [4.69, 9.17) is 4.74 Å². The van der Waals surface area contributed by atoms with Gasteiger partial charge in [0.2, 0.25) is 5.75 Å². The second kappa shape index (κ2) is 5.83. The van der Waals surface area contributed by atoms with E-state index in [2.05, 4.69) is 38.5 Å². The fourth-order valence-corrected chi connectivity index (χ4v) is 2.25. The summed E-state index contributed by atoms with van der Waals surface area (Å²) in [7, 11) is 0. The van der Waals surface area contributed by atoms with Gasteiger partial charge in [-0.15, -0.1) is 0 Å². The van der Waals surface area contributed by atoms with Gasteiger partial charge in [0.1, 0.15) is 11.6 Å². The number of benzene rings is 2. The zero-order valence-electron chi connectivity index (χ0n) is 9.27. The number of halogens is 3. The van der Waals surface area contributed by atoms with Gasteiger partial charge >= 0.3 is 5.69 Å². The van der Waals surface area contributed by atoms with Gasteiger partial charge in [-0.1, -0.05) is 6.07 Å². The van der Waals surface area contributed by atoms with Crippen molar-refractivity contribution in [3.63, 3.8) is 0 Å². The Balaban J connectivity index is 2.44. The van der Waals surface area contributed by atoms with E-state index < -0.39 is 10.7 Å². The van der Waals surface area contributed by atoms with Gasteiger partial charge in [0.05, 0.1) is 9.40 Å². The molecule has 0 spiro atoms. The molecule has 0 aliphatic carbocycles. The number of nitro groups is 1. The van der Waals surface area contributed by atoms with Crippen LogP contribution in [0.1, 0.15) is 0 Å². The Morgan fingerprint density at radius 3 is 2.68 bits per heavy atom. The molecule has 0 saturated heterocycles. The van der Waals surface area contributed by atoms with Crippen LogP contribution in [0.25, 0.3) is 0 Å². The van der Waals surface area contributed by atoms with Crippen molar-refractivity contribution < 1.29 is 14.1 Å². The highest BCUT2D eigenvalue weighted by molar-refractivity contribution is 14.1. The molecule has 2 rings (SSSR count). The molecule has 0 aromatic heterocycles. The van der Waals surface area contributed by atoms with Crippen LogP contribution in [0.4, 0.5) is 10.1 Å². The molecule has 0 amide bonds. The van der Waals surface area contributed by atoms with Crippen LogP contribution in [0.2, 0.25) is 0 Å². The van der Waals surface area contributed by atoms with Gasteiger partial charge in [0.15, 0.2) is 0 Å². The molecule has 0 N–H and O–H groups in total. The largest absolute Gasteiger partial charge is 0.450 e. The first-order valence-electron chi connectivity index (χ1n) is 5.04. The van der Waals surface area contributed by atoms with Crippen LogP contribution in [0.15, 0.2) is 40.9 Å². The number of hydrogen-bond donors (Lipinski definition) is 0. The molecular weight excluding hydrogens is 432 g/mol. The summed E-state index contributed by atoms with van der Waals surface area (Å²) in [5.41, 5.74) is -0.299. The van der Waals surface area contributed by atoms with E-state index in [1.165, 1.54) is 0 Å². The Labute approximate surface area is 130 Å². The van der Waals surface area contributed by atoms with Crippen LogP contribution in [0.5, 0.6) is 11.5 Å². The second-order valence-corrected chi connectivity index (χ2v) is 5.65. The monoisotopic (exact) mass is 437 g/mol. The minimum absolute atomic E-state index is 0.0224. The third-order valence-electron chi connectivity index (χ3n) is 2.22. The molecule has 0 saturated carbocycles. The molecule has 2 aromatic rings. The van der Waals surface area contributed by atoms with Gasteiger partial charge in [-0.3, -0.25) is 10.1 Å². The highest BCUT2D eigenvalue weighted by Gasteiger charge is 2.19. The van der Waals surface area contributed by atoms with Crippen molar-refractivity contribution in [2.24, 2.45) is 0 Å². The van der Waals surface area contributed by atoms with Crippen LogP contribution < -0.4 is 4.74 Å². The molecule has 0 fully saturated rings. The molecule has 0 aliphatic heterocycles. The summed E-state index contributed by atoms with van der Waals surface area (Å²) in [6, 6.07) is 9.01. The summed E-state index contributed by atoms with van der Waals surface area (Å²) >= 11 is 5.00. The smallest absolute Gasteiger partial charge is 0.312 e. The highest BCUT2D eigenvalue weighted by atomic mass is 127. The van der Waals surface area contributed by atoms with Gasteiger partial charge in [0, 0.05) is 15.7 Å². The van der Waals surface area contributed by atoms with E-state index >= 15 is 0 Å². The van der Waals surface area contributed by atoms with Crippen molar-refractivity contribution in [3.05, 3.63) is 60.4 Å². The van der Waals surface area contributed by atoms with Gasteiger partial charge in [-0.2, -0.15) is 0 Å². The van der Waals surface area contributed by atoms with E-state index in [-0.39, 0.29) is 15.9 Å². The SMILES string of the molecule is O=[N+]([O-])c1cc(Br)c(F)cc1Oc1cccc(I)c1. The lowest BCUT2D eigenvalue weighted by atomic mass is 10.3. The highest BCUT2D eigenvalue weighted by Crippen LogP contribution is 2.35. The van der Waals surface area contributed by atoms with Crippen LogP contribution in [0, 0.1) is 19.5 Å². The summed E-state index contributed by atoms with van der Waals surface area (Å²) in [4.78, 5) is 10.3. The Hall–Kier alpha value is -1.22. The summed E-state index contributed by atoms with van der Waals surface area (Å²) < 4.78 is 19.8. The predicted molar refractivity (Wildman–Crippen MR) is 80.0 cm³/mol. The summed E-state index contributed by atoms with van der Waals surface area (Å²) in [6.45, 7) is 0. The fraction of sp³-hybridized carbons (Fsp3) is 0. The first-order valence-corrected chi connectivity index (χ1v) is 6.91. The Morgan fingerprint density at radius 1 is 1.32 bits per heavy atom. The van der Waals surface area contributed by atoms with Gasteiger partial charge in [-0.05, 0) is 56.7 Å². The molecule has 0 unspecified atom stereocenters. The number of hydrogen-bond acceptors (Lipinski definition) is 3. The van der Waals surface area contributed by atoms with Crippen molar-refractivity contribution in [2.75, 3.05) is 0 Å². The zero-order chi connectivity index (χ0) is 14.0. The number of ether oxygens (including phenoxy) is 1. The first-order chi connectivity index (χ1) is 8.97. The van der Waals surface area contributed by atoms with E-state index in [1.807, 2.05) is 6.07 Å². The molecule has 0 aliphatic rings. The van der Waals surface area contributed by atoms with Crippen molar-refractivity contribution in [3.8, 4) is 11.5 Å². The Morgan fingerprint density at radius 2 is 2.05 bits per heavy atom. The van der Waals surface area contributed by atoms with Crippen LogP contribution in [-0.4, -0.2) is 4.92 Å². The van der Waals surface area contributed by atoms with Crippen LogP contribution in [0.3, 0.4) is 0 Å². The molecule has 0 radical (unpaired) electrons. The summed E-state index contributed by atoms with van der Waals surface area (Å²) in [6.07, 6.45) is 0. The van der Waals surface area contributed by atoms with Crippen molar-refractivity contribution in [1.29, 1.82) is 0 Å². The maximum absolute atomic E-state index is 13.5. The molecule has 19 heavy (non-hydrogen) atoms. The van der Waals surface area contributed by atoms with Crippen molar-refractivity contribution in [2.45, 2.75) is 0 Å². The molecule has 2 aromatic carbocycles. The Bertz CT molecular complexity index is 651. The van der Waals surface area contributed by atoms with Crippen molar-refractivity contribution >= 4 is 44.2 Å². The average molecular weight is 438 g/mol. The van der Waals surface area contributed by atoms with E-state index in [1.54, 1.807) is 18.2 Å². The lowest BCUT2D eigenvalue weighted by Gasteiger charge is -2.07. The number of rotatable bonds is 3. The molecule has 4 nitrogen and oxygen atoms in total. The van der Waals surface area contributed by atoms with E-state index in [0.717, 1.165) is 15.7 Å². The van der Waals surface area contributed by atoms with Crippen LogP contribution in [-0.2, 0) is 0 Å². The standard InChI is InChI=1S/C12H6BrFINO3/c13-9-5-11(16(17)18)12(6-10(9)14)19-8-3-1-2-7(15)4-8/h1-6H. The predicted octanol–water partition coefficient (Wildman–Crippen LogP) is 4.89. The van der Waals surface area contributed by atoms with Crippen LogP contribution >= 0.6 is 38.5 Å².